The molecule has 0 spiro atoms. The summed E-state index contributed by atoms with van der Waals surface area (Å²) in [5, 5.41) is 8.70. The van der Waals surface area contributed by atoms with Crippen molar-refractivity contribution in [3.8, 4) is 5.69 Å². The molecule has 0 radical (unpaired) electrons. The largest absolute Gasteiger partial charge is 0.456 e. The van der Waals surface area contributed by atoms with Crippen LogP contribution in [0.15, 0.2) is 36.4 Å². The second-order valence-electron chi connectivity index (χ2n) is 6.37. The highest BCUT2D eigenvalue weighted by atomic mass is 35.5. The first-order valence-corrected chi connectivity index (χ1v) is 8.66. The van der Waals surface area contributed by atoms with Crippen molar-refractivity contribution in [1.29, 1.82) is 0 Å². The van der Waals surface area contributed by atoms with Gasteiger partial charge in [0.1, 0.15) is 6.61 Å². The Bertz CT molecular complexity index is 979. The quantitative estimate of drug-likeness (QED) is 0.635. The highest BCUT2D eigenvalue weighted by Gasteiger charge is 2.19. The monoisotopic (exact) mass is 369 g/mol. The Morgan fingerprint density at radius 3 is 2.54 bits per heavy atom. The van der Waals surface area contributed by atoms with Gasteiger partial charge in [0.2, 0.25) is 0 Å². The van der Waals surface area contributed by atoms with Crippen LogP contribution in [0.2, 0.25) is 5.02 Å². The number of hydrogen-bond acceptors (Lipinski definition) is 4. The van der Waals surface area contributed by atoms with Gasteiger partial charge in [-0.1, -0.05) is 46.6 Å². The summed E-state index contributed by atoms with van der Waals surface area (Å²) in [6.07, 6.45) is 0. The molecule has 0 saturated heterocycles. The molecule has 5 nitrogen and oxygen atoms in total. The van der Waals surface area contributed by atoms with Gasteiger partial charge in [0.05, 0.1) is 11.4 Å². The van der Waals surface area contributed by atoms with Crippen LogP contribution in [0.4, 0.5) is 0 Å². The van der Waals surface area contributed by atoms with Crippen LogP contribution in [-0.4, -0.2) is 21.0 Å². The Labute approximate surface area is 157 Å². The number of rotatable bonds is 4. The van der Waals surface area contributed by atoms with Crippen LogP contribution in [-0.2, 0) is 11.3 Å². The van der Waals surface area contributed by atoms with Gasteiger partial charge in [0, 0.05) is 5.02 Å². The molecule has 26 heavy (non-hydrogen) atoms. The Morgan fingerprint density at radius 1 is 1.08 bits per heavy atom. The summed E-state index contributed by atoms with van der Waals surface area (Å²) in [7, 11) is 0. The SMILES string of the molecule is Cc1ccc(C)c(COC(=O)c2nnn(-c3ccc(C)c(Cl)c3)c2C)c1. The van der Waals surface area contributed by atoms with Crippen molar-refractivity contribution < 1.29 is 9.53 Å². The van der Waals surface area contributed by atoms with E-state index in [0.29, 0.717) is 10.7 Å². The first-order chi connectivity index (χ1) is 12.4. The molecule has 1 heterocycles. The minimum Gasteiger partial charge on any atom is -0.456 e. The number of halogens is 1. The standard InChI is InChI=1S/C20H20ClN3O2/c1-12-5-6-13(2)16(9-12)11-26-20(25)19-15(4)24(23-22-19)17-8-7-14(3)18(21)10-17/h5-10H,11H2,1-4H3. The van der Waals surface area contributed by atoms with Gasteiger partial charge in [0.25, 0.3) is 0 Å². The maximum Gasteiger partial charge on any atom is 0.361 e. The van der Waals surface area contributed by atoms with E-state index < -0.39 is 5.97 Å². The molecule has 0 unspecified atom stereocenters. The predicted octanol–water partition coefficient (Wildman–Crippen LogP) is 4.51. The second-order valence-corrected chi connectivity index (χ2v) is 6.78. The molecular weight excluding hydrogens is 350 g/mol. The van der Waals surface area contributed by atoms with E-state index in [4.69, 9.17) is 16.3 Å². The third kappa shape index (κ3) is 3.63. The average molecular weight is 370 g/mol. The minimum absolute atomic E-state index is 0.201. The molecule has 0 N–H and O–H groups in total. The Balaban J connectivity index is 1.79. The van der Waals surface area contributed by atoms with Crippen LogP contribution in [0.1, 0.15) is 38.4 Å². The number of ether oxygens (including phenoxy) is 1. The number of nitrogens with zero attached hydrogens (tertiary/aromatic N) is 3. The normalized spacial score (nSPS) is 10.8. The summed E-state index contributed by atoms with van der Waals surface area (Å²) in [4.78, 5) is 12.4. The fourth-order valence-electron chi connectivity index (χ4n) is 2.64. The topological polar surface area (TPSA) is 57.0 Å². The highest BCUT2D eigenvalue weighted by Crippen LogP contribution is 2.21. The Kier molecular flexibility index (Phi) is 5.09. The van der Waals surface area contributed by atoms with E-state index in [9.17, 15) is 4.79 Å². The lowest BCUT2D eigenvalue weighted by Gasteiger charge is -2.08. The van der Waals surface area contributed by atoms with Gasteiger partial charge >= 0.3 is 5.97 Å². The average Bonchev–Trinajstić information content (AvgIpc) is 2.99. The number of carbonyl (C=O) groups is 1. The Morgan fingerprint density at radius 2 is 1.81 bits per heavy atom. The zero-order valence-corrected chi connectivity index (χ0v) is 16.0. The van der Waals surface area contributed by atoms with E-state index in [1.165, 1.54) is 0 Å². The first-order valence-electron chi connectivity index (χ1n) is 8.29. The van der Waals surface area contributed by atoms with Crippen molar-refractivity contribution in [3.05, 3.63) is 75.1 Å². The summed E-state index contributed by atoms with van der Waals surface area (Å²) in [6, 6.07) is 11.6. The molecule has 6 heteroatoms. The summed E-state index contributed by atoms with van der Waals surface area (Å²) in [5.41, 5.74) is 5.72. The van der Waals surface area contributed by atoms with Crippen LogP contribution < -0.4 is 0 Å². The molecule has 134 valence electrons. The van der Waals surface area contributed by atoms with Crippen molar-refractivity contribution in [1.82, 2.24) is 15.0 Å². The Hall–Kier alpha value is -2.66. The summed E-state index contributed by atoms with van der Waals surface area (Å²) >= 11 is 6.18. The van der Waals surface area contributed by atoms with E-state index in [2.05, 4.69) is 10.3 Å². The van der Waals surface area contributed by atoms with Crippen LogP contribution in [0.5, 0.6) is 0 Å². The first kappa shape index (κ1) is 18.1. The molecule has 0 atom stereocenters. The third-order valence-corrected chi connectivity index (χ3v) is 4.76. The molecule has 0 bridgehead atoms. The number of aryl methyl sites for hydroxylation is 3. The number of hydrogen-bond donors (Lipinski definition) is 0. The molecule has 0 amide bonds. The molecule has 0 saturated carbocycles. The minimum atomic E-state index is -0.493. The fourth-order valence-corrected chi connectivity index (χ4v) is 2.82. The molecule has 3 aromatic rings. The van der Waals surface area contributed by atoms with Crippen molar-refractivity contribution >= 4 is 17.6 Å². The van der Waals surface area contributed by atoms with Crippen LogP contribution >= 0.6 is 11.6 Å². The highest BCUT2D eigenvalue weighted by molar-refractivity contribution is 6.31. The summed E-state index contributed by atoms with van der Waals surface area (Å²) in [5.74, 6) is -0.493. The maximum atomic E-state index is 12.4. The molecule has 0 aliphatic rings. The second kappa shape index (κ2) is 7.30. The van der Waals surface area contributed by atoms with Crippen molar-refractivity contribution in [2.45, 2.75) is 34.3 Å². The van der Waals surface area contributed by atoms with E-state index >= 15 is 0 Å². The molecule has 0 aliphatic carbocycles. The molecular formula is C20H20ClN3O2. The van der Waals surface area contributed by atoms with E-state index in [1.54, 1.807) is 17.7 Å². The lowest BCUT2D eigenvalue weighted by atomic mass is 10.1. The van der Waals surface area contributed by atoms with Gasteiger partial charge in [-0.25, -0.2) is 9.48 Å². The van der Waals surface area contributed by atoms with Gasteiger partial charge < -0.3 is 4.74 Å². The fraction of sp³-hybridized carbons (Fsp3) is 0.250. The number of aromatic nitrogens is 3. The summed E-state index contributed by atoms with van der Waals surface area (Å²) < 4.78 is 7.03. The van der Waals surface area contributed by atoms with Gasteiger partial charge in [0.15, 0.2) is 5.69 Å². The van der Waals surface area contributed by atoms with Gasteiger partial charge in [-0.15, -0.1) is 5.10 Å². The molecule has 0 aliphatic heterocycles. The van der Waals surface area contributed by atoms with E-state index in [0.717, 1.165) is 27.9 Å². The maximum absolute atomic E-state index is 12.4. The number of benzene rings is 2. The van der Waals surface area contributed by atoms with Crippen LogP contribution in [0.3, 0.4) is 0 Å². The number of carbonyl (C=O) groups excluding carboxylic acids is 1. The van der Waals surface area contributed by atoms with E-state index in [1.807, 2.05) is 51.1 Å². The molecule has 2 aromatic carbocycles. The van der Waals surface area contributed by atoms with Gasteiger partial charge in [-0.3, -0.25) is 0 Å². The molecule has 0 fully saturated rings. The number of esters is 1. The zero-order valence-electron chi connectivity index (χ0n) is 15.2. The lowest BCUT2D eigenvalue weighted by Crippen LogP contribution is -2.09. The van der Waals surface area contributed by atoms with Crippen molar-refractivity contribution in [2.75, 3.05) is 0 Å². The van der Waals surface area contributed by atoms with E-state index in [-0.39, 0.29) is 12.3 Å². The summed E-state index contributed by atoms with van der Waals surface area (Å²) in [6.45, 7) is 7.91. The lowest BCUT2D eigenvalue weighted by molar-refractivity contribution is 0.0464. The van der Waals surface area contributed by atoms with Crippen LogP contribution in [0.25, 0.3) is 5.69 Å². The van der Waals surface area contributed by atoms with Crippen molar-refractivity contribution in [3.63, 3.8) is 0 Å². The zero-order chi connectivity index (χ0) is 18.8. The van der Waals surface area contributed by atoms with Gasteiger partial charge in [-0.2, -0.15) is 0 Å². The van der Waals surface area contributed by atoms with Gasteiger partial charge in [-0.05, 0) is 56.5 Å². The van der Waals surface area contributed by atoms with Crippen molar-refractivity contribution in [2.24, 2.45) is 0 Å². The predicted molar refractivity (Wildman–Crippen MR) is 101 cm³/mol. The molecule has 1 aromatic heterocycles. The van der Waals surface area contributed by atoms with Crippen LogP contribution in [0, 0.1) is 27.7 Å². The smallest absolute Gasteiger partial charge is 0.361 e. The third-order valence-electron chi connectivity index (χ3n) is 4.35. The molecule has 3 rings (SSSR count).